The molecular weight excluding hydrogens is 320 g/mol. The van der Waals surface area contributed by atoms with Crippen LogP contribution in [0.5, 0.6) is 0 Å². The lowest BCUT2D eigenvalue weighted by atomic mass is 9.91. The molecule has 0 radical (unpaired) electrons. The lowest BCUT2D eigenvalue weighted by Crippen LogP contribution is -2.46. The third kappa shape index (κ3) is 5.31. The Hall–Kier alpha value is -2.37. The molecule has 1 aliphatic heterocycles. The SMILES string of the molecule is O=C1OCC(COCc2ccccc2)(COCc2ccccc2)CO1. The fraction of sp³-hybridized carbons (Fsp3) is 0.350. The van der Waals surface area contributed by atoms with Gasteiger partial charge in [-0.15, -0.1) is 0 Å². The van der Waals surface area contributed by atoms with Gasteiger partial charge < -0.3 is 18.9 Å². The highest BCUT2D eigenvalue weighted by Gasteiger charge is 2.38. The lowest BCUT2D eigenvalue weighted by Gasteiger charge is -2.35. The molecule has 5 nitrogen and oxygen atoms in total. The molecular formula is C20H22O5. The van der Waals surface area contributed by atoms with Crippen molar-refractivity contribution in [3.63, 3.8) is 0 Å². The standard InChI is InChI=1S/C20H22O5/c21-19-24-15-20(16-25-19,13-22-11-17-7-3-1-4-8-17)14-23-12-18-9-5-2-6-10-18/h1-10H,11-16H2. The zero-order valence-corrected chi connectivity index (χ0v) is 14.1. The molecule has 0 N–H and O–H groups in total. The van der Waals surface area contributed by atoms with Crippen LogP contribution >= 0.6 is 0 Å². The van der Waals surface area contributed by atoms with E-state index < -0.39 is 11.6 Å². The second-order valence-electron chi connectivity index (χ2n) is 6.28. The molecule has 0 aliphatic carbocycles. The minimum atomic E-state index is -0.637. The summed E-state index contributed by atoms with van der Waals surface area (Å²) in [5.74, 6) is 0. The van der Waals surface area contributed by atoms with Crippen molar-refractivity contribution in [2.75, 3.05) is 26.4 Å². The van der Waals surface area contributed by atoms with E-state index in [-0.39, 0.29) is 13.2 Å². The van der Waals surface area contributed by atoms with Crippen LogP contribution in [0, 0.1) is 5.41 Å². The molecule has 2 aromatic carbocycles. The van der Waals surface area contributed by atoms with Gasteiger partial charge in [-0.2, -0.15) is 0 Å². The van der Waals surface area contributed by atoms with Gasteiger partial charge in [0.2, 0.25) is 0 Å². The van der Waals surface area contributed by atoms with Gasteiger partial charge in [0.15, 0.2) is 0 Å². The van der Waals surface area contributed by atoms with Crippen LogP contribution in [-0.2, 0) is 32.2 Å². The van der Waals surface area contributed by atoms with E-state index in [0.29, 0.717) is 26.4 Å². The lowest BCUT2D eigenvalue weighted by molar-refractivity contribution is -0.128. The quantitative estimate of drug-likeness (QED) is 0.687. The van der Waals surface area contributed by atoms with Crippen molar-refractivity contribution in [1.29, 1.82) is 0 Å². The average molecular weight is 342 g/mol. The second kappa shape index (κ2) is 8.65. The molecule has 0 aromatic heterocycles. The predicted octanol–water partition coefficient (Wildman–Crippen LogP) is 3.57. The Morgan fingerprint density at radius 1 is 0.760 bits per heavy atom. The first-order valence-electron chi connectivity index (χ1n) is 8.29. The number of carbonyl (C=O) groups excluding carboxylic acids is 1. The van der Waals surface area contributed by atoms with Gasteiger partial charge in [0, 0.05) is 0 Å². The van der Waals surface area contributed by atoms with Gasteiger partial charge in [-0.1, -0.05) is 60.7 Å². The second-order valence-corrected chi connectivity index (χ2v) is 6.28. The van der Waals surface area contributed by atoms with Crippen molar-refractivity contribution in [2.45, 2.75) is 13.2 Å². The van der Waals surface area contributed by atoms with E-state index in [1.165, 1.54) is 0 Å². The summed E-state index contributed by atoms with van der Waals surface area (Å²) in [5.41, 5.74) is 1.70. The van der Waals surface area contributed by atoms with E-state index >= 15 is 0 Å². The molecule has 0 saturated carbocycles. The van der Waals surface area contributed by atoms with Crippen LogP contribution < -0.4 is 0 Å². The smallest absolute Gasteiger partial charge is 0.433 e. The maximum Gasteiger partial charge on any atom is 0.508 e. The van der Waals surface area contributed by atoms with E-state index in [1.54, 1.807) is 0 Å². The molecule has 0 unspecified atom stereocenters. The zero-order chi connectivity index (χ0) is 17.4. The van der Waals surface area contributed by atoms with Crippen LogP contribution in [0.3, 0.4) is 0 Å². The number of rotatable bonds is 8. The van der Waals surface area contributed by atoms with E-state index in [4.69, 9.17) is 18.9 Å². The topological polar surface area (TPSA) is 54.0 Å². The molecule has 5 heteroatoms. The largest absolute Gasteiger partial charge is 0.508 e. The first-order chi connectivity index (χ1) is 12.3. The summed E-state index contributed by atoms with van der Waals surface area (Å²) >= 11 is 0. The minimum absolute atomic E-state index is 0.232. The van der Waals surface area contributed by atoms with Crippen LogP contribution in [0.2, 0.25) is 0 Å². The Kier molecular flexibility index (Phi) is 6.04. The molecule has 0 bridgehead atoms. The van der Waals surface area contributed by atoms with Gasteiger partial charge in [-0.3, -0.25) is 0 Å². The zero-order valence-electron chi connectivity index (χ0n) is 14.1. The van der Waals surface area contributed by atoms with Gasteiger partial charge in [-0.25, -0.2) is 4.79 Å². The normalized spacial score (nSPS) is 16.1. The highest BCUT2D eigenvalue weighted by Crippen LogP contribution is 2.25. The van der Waals surface area contributed by atoms with Crippen LogP contribution in [0.15, 0.2) is 60.7 Å². The Bertz CT molecular complexity index is 599. The molecule has 1 saturated heterocycles. The van der Waals surface area contributed by atoms with Crippen molar-refractivity contribution in [1.82, 2.24) is 0 Å². The van der Waals surface area contributed by atoms with Crippen molar-refractivity contribution >= 4 is 6.16 Å². The number of benzene rings is 2. The Morgan fingerprint density at radius 3 is 1.64 bits per heavy atom. The Morgan fingerprint density at radius 2 is 1.20 bits per heavy atom. The van der Waals surface area contributed by atoms with Gasteiger partial charge in [0.05, 0.1) is 31.8 Å². The maximum atomic E-state index is 11.2. The number of hydrogen-bond donors (Lipinski definition) is 0. The first kappa shape index (κ1) is 17.5. The van der Waals surface area contributed by atoms with Gasteiger partial charge in [0.25, 0.3) is 0 Å². The van der Waals surface area contributed by atoms with Crippen molar-refractivity contribution < 1.29 is 23.7 Å². The van der Waals surface area contributed by atoms with Crippen molar-refractivity contribution in [3.05, 3.63) is 71.8 Å². The summed E-state index contributed by atoms with van der Waals surface area (Å²) in [6.07, 6.45) is -0.637. The van der Waals surface area contributed by atoms with E-state index in [1.807, 2.05) is 60.7 Å². The molecule has 1 aliphatic rings. The summed E-state index contributed by atoms with van der Waals surface area (Å²) in [4.78, 5) is 11.2. The van der Waals surface area contributed by atoms with Gasteiger partial charge in [0.1, 0.15) is 13.2 Å². The highest BCUT2D eigenvalue weighted by molar-refractivity contribution is 5.60. The summed E-state index contributed by atoms with van der Waals surface area (Å²) in [6, 6.07) is 19.9. The third-order valence-electron chi connectivity index (χ3n) is 4.03. The van der Waals surface area contributed by atoms with Gasteiger partial charge >= 0.3 is 6.16 Å². The number of ether oxygens (including phenoxy) is 4. The molecule has 0 amide bonds. The molecule has 1 fully saturated rings. The molecule has 2 aromatic rings. The molecule has 25 heavy (non-hydrogen) atoms. The average Bonchev–Trinajstić information content (AvgIpc) is 2.66. The fourth-order valence-corrected chi connectivity index (χ4v) is 2.63. The van der Waals surface area contributed by atoms with E-state index in [0.717, 1.165) is 11.1 Å². The van der Waals surface area contributed by atoms with E-state index in [2.05, 4.69) is 0 Å². The highest BCUT2D eigenvalue weighted by atomic mass is 16.7. The van der Waals surface area contributed by atoms with E-state index in [9.17, 15) is 4.79 Å². The molecule has 0 atom stereocenters. The monoisotopic (exact) mass is 342 g/mol. The Balaban J connectivity index is 1.53. The summed E-state index contributed by atoms with van der Waals surface area (Å²) < 4.78 is 21.9. The summed E-state index contributed by atoms with van der Waals surface area (Å²) in [7, 11) is 0. The summed E-state index contributed by atoms with van der Waals surface area (Å²) in [6.45, 7) is 2.24. The number of hydrogen-bond acceptors (Lipinski definition) is 5. The Labute approximate surface area is 147 Å². The van der Waals surface area contributed by atoms with Crippen LogP contribution in [0.4, 0.5) is 4.79 Å². The fourth-order valence-electron chi connectivity index (χ4n) is 2.63. The molecule has 132 valence electrons. The molecule has 1 heterocycles. The van der Waals surface area contributed by atoms with Crippen molar-refractivity contribution in [2.24, 2.45) is 5.41 Å². The van der Waals surface area contributed by atoms with Crippen LogP contribution in [-0.4, -0.2) is 32.6 Å². The molecule has 0 spiro atoms. The number of carbonyl (C=O) groups is 1. The van der Waals surface area contributed by atoms with Crippen molar-refractivity contribution in [3.8, 4) is 0 Å². The van der Waals surface area contributed by atoms with Gasteiger partial charge in [-0.05, 0) is 11.1 Å². The minimum Gasteiger partial charge on any atom is -0.433 e. The molecule has 3 rings (SSSR count). The maximum absolute atomic E-state index is 11.2. The van der Waals surface area contributed by atoms with Crippen LogP contribution in [0.25, 0.3) is 0 Å². The predicted molar refractivity (Wildman–Crippen MR) is 91.9 cm³/mol. The first-order valence-corrected chi connectivity index (χ1v) is 8.29. The summed E-state index contributed by atoms with van der Waals surface area (Å²) in [5, 5.41) is 0. The number of cyclic esters (lactones) is 2. The van der Waals surface area contributed by atoms with Crippen LogP contribution in [0.1, 0.15) is 11.1 Å². The third-order valence-corrected chi connectivity index (χ3v) is 4.03.